The third-order valence-electron chi connectivity index (χ3n) is 2.29. The molecule has 92 valence electrons. The molecule has 0 fully saturated rings. The van der Waals surface area contributed by atoms with Crippen LogP contribution in [-0.4, -0.2) is 22.5 Å². The number of aromatic nitrogens is 2. The number of nitrogens with zero attached hydrogens (tertiary/aromatic N) is 2. The van der Waals surface area contributed by atoms with Crippen LogP contribution in [0, 0.1) is 0 Å². The standard InChI is InChI=1S/C10H16F3N3/c1-16-9(4-7-15-16)8-14-6-3-2-5-10(11,12)13/h4,7,14H,2-3,5-6,8H2,1H3. The summed E-state index contributed by atoms with van der Waals surface area (Å²) in [7, 11) is 1.83. The summed E-state index contributed by atoms with van der Waals surface area (Å²) in [6.45, 7) is 1.24. The molecule has 3 nitrogen and oxygen atoms in total. The average molecular weight is 235 g/mol. The van der Waals surface area contributed by atoms with Crippen LogP contribution in [0.4, 0.5) is 13.2 Å². The Morgan fingerprint density at radius 1 is 1.38 bits per heavy atom. The van der Waals surface area contributed by atoms with E-state index in [0.29, 0.717) is 19.5 Å². The van der Waals surface area contributed by atoms with Gasteiger partial charge in [0.05, 0.1) is 5.69 Å². The lowest BCUT2D eigenvalue weighted by molar-refractivity contribution is -0.135. The second-order valence-electron chi connectivity index (χ2n) is 3.70. The summed E-state index contributed by atoms with van der Waals surface area (Å²) < 4.78 is 37.2. The van der Waals surface area contributed by atoms with Gasteiger partial charge in [0.25, 0.3) is 0 Å². The van der Waals surface area contributed by atoms with E-state index in [9.17, 15) is 13.2 Å². The van der Waals surface area contributed by atoms with Gasteiger partial charge in [0.1, 0.15) is 0 Å². The fourth-order valence-corrected chi connectivity index (χ4v) is 1.37. The molecule has 16 heavy (non-hydrogen) atoms. The van der Waals surface area contributed by atoms with Gasteiger partial charge in [-0.25, -0.2) is 0 Å². The van der Waals surface area contributed by atoms with E-state index in [2.05, 4.69) is 10.4 Å². The van der Waals surface area contributed by atoms with Crippen molar-refractivity contribution in [1.29, 1.82) is 0 Å². The Kier molecular flexibility index (Phi) is 4.79. The van der Waals surface area contributed by atoms with E-state index in [4.69, 9.17) is 0 Å². The highest BCUT2D eigenvalue weighted by Gasteiger charge is 2.25. The molecule has 1 aromatic heterocycles. The monoisotopic (exact) mass is 235 g/mol. The molecule has 1 N–H and O–H groups in total. The number of alkyl halides is 3. The van der Waals surface area contributed by atoms with Crippen molar-refractivity contribution in [3.63, 3.8) is 0 Å². The highest BCUT2D eigenvalue weighted by molar-refractivity contribution is 4.98. The van der Waals surface area contributed by atoms with Crippen LogP contribution in [-0.2, 0) is 13.6 Å². The van der Waals surface area contributed by atoms with Crippen molar-refractivity contribution < 1.29 is 13.2 Å². The third-order valence-corrected chi connectivity index (χ3v) is 2.29. The molecular weight excluding hydrogens is 219 g/mol. The molecular formula is C10H16F3N3. The lowest BCUT2D eigenvalue weighted by Crippen LogP contribution is -2.17. The van der Waals surface area contributed by atoms with Crippen molar-refractivity contribution in [3.05, 3.63) is 18.0 Å². The number of rotatable bonds is 6. The summed E-state index contributed by atoms with van der Waals surface area (Å²) >= 11 is 0. The highest BCUT2D eigenvalue weighted by atomic mass is 19.4. The Morgan fingerprint density at radius 2 is 2.12 bits per heavy atom. The summed E-state index contributed by atoms with van der Waals surface area (Å²) in [4.78, 5) is 0. The molecule has 0 spiro atoms. The molecule has 0 aliphatic heterocycles. The first-order valence-corrected chi connectivity index (χ1v) is 5.23. The van der Waals surface area contributed by atoms with Crippen molar-refractivity contribution in [3.8, 4) is 0 Å². The van der Waals surface area contributed by atoms with Gasteiger partial charge in [-0.3, -0.25) is 4.68 Å². The quantitative estimate of drug-likeness (QED) is 0.766. The molecule has 0 atom stereocenters. The van der Waals surface area contributed by atoms with Crippen LogP contribution in [0.15, 0.2) is 12.3 Å². The molecule has 0 amide bonds. The van der Waals surface area contributed by atoms with Crippen LogP contribution in [0.3, 0.4) is 0 Å². The lowest BCUT2D eigenvalue weighted by Gasteiger charge is -2.07. The second-order valence-corrected chi connectivity index (χ2v) is 3.70. The number of unbranched alkanes of at least 4 members (excludes halogenated alkanes) is 1. The molecule has 0 aromatic carbocycles. The van der Waals surface area contributed by atoms with Gasteiger partial charge in [-0.05, 0) is 25.5 Å². The normalized spacial score (nSPS) is 12.0. The van der Waals surface area contributed by atoms with E-state index in [1.54, 1.807) is 10.9 Å². The minimum Gasteiger partial charge on any atom is -0.311 e. The SMILES string of the molecule is Cn1nccc1CNCCCCC(F)(F)F. The Bertz CT molecular complexity index is 307. The van der Waals surface area contributed by atoms with Crippen molar-refractivity contribution in [2.45, 2.75) is 32.0 Å². The molecule has 0 saturated carbocycles. The molecule has 0 aliphatic carbocycles. The van der Waals surface area contributed by atoms with Crippen LogP contribution in [0.2, 0.25) is 0 Å². The van der Waals surface area contributed by atoms with Crippen LogP contribution in [0.5, 0.6) is 0 Å². The summed E-state index contributed by atoms with van der Waals surface area (Å²) in [6, 6.07) is 1.88. The maximum atomic E-state index is 11.8. The minimum absolute atomic E-state index is 0.182. The number of hydrogen-bond acceptors (Lipinski definition) is 2. The summed E-state index contributed by atoms with van der Waals surface area (Å²) in [5, 5.41) is 7.08. The van der Waals surface area contributed by atoms with E-state index in [0.717, 1.165) is 5.69 Å². The summed E-state index contributed by atoms with van der Waals surface area (Å²) in [6.07, 6.45) is -2.30. The van der Waals surface area contributed by atoms with Crippen LogP contribution >= 0.6 is 0 Å². The van der Waals surface area contributed by atoms with Crippen LogP contribution in [0.25, 0.3) is 0 Å². The molecule has 1 heterocycles. The summed E-state index contributed by atoms with van der Waals surface area (Å²) in [5.41, 5.74) is 1.02. The predicted octanol–water partition coefficient (Wildman–Crippen LogP) is 2.24. The number of hydrogen-bond donors (Lipinski definition) is 1. The zero-order chi connectivity index (χ0) is 12.0. The zero-order valence-electron chi connectivity index (χ0n) is 9.22. The minimum atomic E-state index is -4.03. The second kappa shape index (κ2) is 5.89. The topological polar surface area (TPSA) is 29.9 Å². The van der Waals surface area contributed by atoms with Crippen molar-refractivity contribution in [2.75, 3.05) is 6.54 Å². The van der Waals surface area contributed by atoms with Gasteiger partial charge in [0, 0.05) is 26.2 Å². The first-order chi connectivity index (χ1) is 7.49. The Hall–Kier alpha value is -1.04. The van der Waals surface area contributed by atoms with Gasteiger partial charge in [-0.1, -0.05) is 0 Å². The van der Waals surface area contributed by atoms with Gasteiger partial charge in [0.15, 0.2) is 0 Å². The Balaban J connectivity index is 2.03. The highest BCUT2D eigenvalue weighted by Crippen LogP contribution is 2.21. The fourth-order valence-electron chi connectivity index (χ4n) is 1.37. The van der Waals surface area contributed by atoms with E-state index in [1.807, 2.05) is 13.1 Å². The molecule has 0 radical (unpaired) electrons. The number of nitrogens with one attached hydrogen (secondary N) is 1. The van der Waals surface area contributed by atoms with Gasteiger partial charge in [-0.15, -0.1) is 0 Å². The molecule has 1 rings (SSSR count). The van der Waals surface area contributed by atoms with E-state index >= 15 is 0 Å². The van der Waals surface area contributed by atoms with E-state index in [-0.39, 0.29) is 6.42 Å². The molecule has 0 bridgehead atoms. The largest absolute Gasteiger partial charge is 0.389 e. The van der Waals surface area contributed by atoms with Crippen molar-refractivity contribution in [2.24, 2.45) is 7.05 Å². The fraction of sp³-hybridized carbons (Fsp3) is 0.700. The predicted molar refractivity (Wildman–Crippen MR) is 54.8 cm³/mol. The van der Waals surface area contributed by atoms with Crippen molar-refractivity contribution >= 4 is 0 Å². The Labute approximate surface area is 92.6 Å². The molecule has 0 aliphatic rings. The van der Waals surface area contributed by atoms with Gasteiger partial charge >= 0.3 is 6.18 Å². The molecule has 6 heteroatoms. The summed E-state index contributed by atoms with van der Waals surface area (Å²) in [5.74, 6) is 0. The van der Waals surface area contributed by atoms with Crippen LogP contribution < -0.4 is 5.32 Å². The number of aryl methyl sites for hydroxylation is 1. The maximum Gasteiger partial charge on any atom is 0.389 e. The maximum absolute atomic E-state index is 11.8. The lowest BCUT2D eigenvalue weighted by atomic mass is 10.2. The van der Waals surface area contributed by atoms with Gasteiger partial charge < -0.3 is 5.32 Å². The first kappa shape index (κ1) is 13.0. The number of halogens is 3. The molecule has 0 saturated heterocycles. The van der Waals surface area contributed by atoms with Gasteiger partial charge in [0.2, 0.25) is 0 Å². The molecule has 0 unspecified atom stereocenters. The van der Waals surface area contributed by atoms with Gasteiger partial charge in [-0.2, -0.15) is 18.3 Å². The third kappa shape index (κ3) is 5.16. The van der Waals surface area contributed by atoms with Crippen molar-refractivity contribution in [1.82, 2.24) is 15.1 Å². The zero-order valence-corrected chi connectivity index (χ0v) is 9.22. The smallest absolute Gasteiger partial charge is 0.311 e. The van der Waals surface area contributed by atoms with Crippen LogP contribution in [0.1, 0.15) is 25.0 Å². The average Bonchev–Trinajstić information content (AvgIpc) is 2.56. The van der Waals surface area contributed by atoms with E-state index < -0.39 is 12.6 Å². The molecule has 1 aromatic rings. The first-order valence-electron chi connectivity index (χ1n) is 5.23. The van der Waals surface area contributed by atoms with E-state index in [1.165, 1.54) is 0 Å². The Morgan fingerprint density at radius 3 is 2.69 bits per heavy atom.